The summed E-state index contributed by atoms with van der Waals surface area (Å²) < 4.78 is 25.3. The van der Waals surface area contributed by atoms with Crippen LogP contribution in [0.1, 0.15) is 15.9 Å². The Morgan fingerprint density at radius 1 is 0.957 bits per heavy atom. The largest absolute Gasteiger partial charge is 0.351 e. The van der Waals surface area contributed by atoms with Crippen molar-refractivity contribution >= 4 is 15.7 Å². The van der Waals surface area contributed by atoms with Gasteiger partial charge in [0.25, 0.3) is 5.91 Å². The van der Waals surface area contributed by atoms with E-state index in [1.807, 2.05) is 6.07 Å². The minimum absolute atomic E-state index is 0.0609. The van der Waals surface area contributed by atoms with Crippen LogP contribution in [0.4, 0.5) is 0 Å². The highest BCUT2D eigenvalue weighted by Crippen LogP contribution is 2.20. The fourth-order valence-electron chi connectivity index (χ4n) is 2.19. The van der Waals surface area contributed by atoms with E-state index in [9.17, 15) is 13.2 Å². The van der Waals surface area contributed by atoms with Crippen LogP contribution in [0.15, 0.2) is 59.5 Å². The lowest BCUT2D eigenvalue weighted by atomic mass is 10.2. The minimum Gasteiger partial charge on any atom is -0.351 e. The second-order valence-electron chi connectivity index (χ2n) is 5.10. The third-order valence-electron chi connectivity index (χ3n) is 3.33. The molecule has 0 radical (unpaired) electrons. The van der Waals surface area contributed by atoms with Gasteiger partial charge in [0.1, 0.15) is 0 Å². The molecule has 0 unspecified atom stereocenters. The highest BCUT2D eigenvalue weighted by atomic mass is 32.2. The van der Waals surface area contributed by atoms with E-state index in [4.69, 9.17) is 0 Å². The normalized spacial score (nSPS) is 11.2. The van der Waals surface area contributed by atoms with Gasteiger partial charge in [0.2, 0.25) is 0 Å². The minimum atomic E-state index is -3.60. The summed E-state index contributed by atoms with van der Waals surface area (Å²) in [6.07, 6.45) is 0. The number of sulfone groups is 1. The van der Waals surface area contributed by atoms with E-state index < -0.39 is 9.84 Å². The van der Waals surface area contributed by atoms with Crippen molar-refractivity contribution < 1.29 is 13.2 Å². The van der Waals surface area contributed by atoms with E-state index >= 15 is 0 Å². The van der Waals surface area contributed by atoms with E-state index in [1.54, 1.807) is 43.4 Å². The Kier molecular flexibility index (Phi) is 5.90. The quantitative estimate of drug-likeness (QED) is 0.756. The third kappa shape index (κ3) is 4.64. The number of nitrogens with one attached hydrogen (secondary N) is 2. The molecule has 0 saturated heterocycles. The summed E-state index contributed by atoms with van der Waals surface area (Å²) >= 11 is 0. The van der Waals surface area contributed by atoms with Gasteiger partial charge in [-0.2, -0.15) is 0 Å². The van der Waals surface area contributed by atoms with Gasteiger partial charge < -0.3 is 10.6 Å². The first kappa shape index (κ1) is 17.2. The van der Waals surface area contributed by atoms with Gasteiger partial charge in [-0.3, -0.25) is 4.79 Å². The summed E-state index contributed by atoms with van der Waals surface area (Å²) in [6.45, 7) is 1.05. The first-order chi connectivity index (χ1) is 11.0. The molecule has 0 heterocycles. The average Bonchev–Trinajstić information content (AvgIpc) is 2.55. The van der Waals surface area contributed by atoms with Crippen LogP contribution >= 0.6 is 0 Å². The highest BCUT2D eigenvalue weighted by molar-refractivity contribution is 7.90. The summed E-state index contributed by atoms with van der Waals surface area (Å²) in [7, 11) is -1.81. The maximum atomic E-state index is 12.7. The van der Waals surface area contributed by atoms with E-state index in [-0.39, 0.29) is 22.1 Å². The maximum Gasteiger partial charge on any atom is 0.252 e. The third-order valence-corrected chi connectivity index (χ3v) is 5.07. The lowest BCUT2D eigenvalue weighted by Crippen LogP contribution is -2.31. The van der Waals surface area contributed by atoms with Crippen molar-refractivity contribution in [3.05, 3.63) is 65.7 Å². The molecule has 2 aromatic carbocycles. The van der Waals surface area contributed by atoms with Crippen LogP contribution in [0.5, 0.6) is 0 Å². The van der Waals surface area contributed by atoms with Crippen molar-refractivity contribution in [3.8, 4) is 0 Å². The number of benzene rings is 2. The number of rotatable bonds is 7. The number of likely N-dealkylation sites (N-methyl/N-ethyl adjacent to an activating group) is 1. The molecule has 23 heavy (non-hydrogen) atoms. The van der Waals surface area contributed by atoms with Crippen molar-refractivity contribution in [1.29, 1.82) is 0 Å². The maximum absolute atomic E-state index is 12.7. The molecule has 122 valence electrons. The van der Waals surface area contributed by atoms with Gasteiger partial charge in [0.05, 0.1) is 16.2 Å². The second kappa shape index (κ2) is 7.89. The van der Waals surface area contributed by atoms with Gasteiger partial charge in [-0.15, -0.1) is 0 Å². The Morgan fingerprint density at radius 2 is 1.61 bits per heavy atom. The van der Waals surface area contributed by atoms with Crippen molar-refractivity contribution in [2.24, 2.45) is 0 Å². The lowest BCUT2D eigenvalue weighted by Gasteiger charge is -2.11. The molecule has 0 aliphatic heterocycles. The molecular formula is C17H20N2O3S. The van der Waals surface area contributed by atoms with E-state index in [1.165, 1.54) is 12.1 Å². The molecule has 0 saturated carbocycles. The Bertz CT molecular complexity index is 758. The molecule has 0 fully saturated rings. The molecule has 2 aromatic rings. The predicted octanol–water partition coefficient (Wildman–Crippen LogP) is 1.61. The Morgan fingerprint density at radius 3 is 2.30 bits per heavy atom. The summed E-state index contributed by atoms with van der Waals surface area (Å²) in [5, 5.41) is 5.63. The first-order valence-electron chi connectivity index (χ1n) is 7.33. The molecule has 0 aromatic heterocycles. The van der Waals surface area contributed by atoms with E-state index in [2.05, 4.69) is 10.6 Å². The zero-order valence-corrected chi connectivity index (χ0v) is 13.8. The number of carbonyl (C=O) groups excluding carboxylic acids is 1. The summed E-state index contributed by atoms with van der Waals surface area (Å²) in [5.41, 5.74) is 0.873. The second-order valence-corrected chi connectivity index (χ2v) is 7.06. The van der Waals surface area contributed by atoms with Gasteiger partial charge in [-0.1, -0.05) is 42.5 Å². The number of hydrogen-bond acceptors (Lipinski definition) is 4. The number of hydrogen-bond donors (Lipinski definition) is 2. The molecule has 5 nitrogen and oxygen atoms in total. The molecule has 6 heteroatoms. The Balaban J connectivity index is 2.26. The van der Waals surface area contributed by atoms with Gasteiger partial charge in [0, 0.05) is 13.1 Å². The van der Waals surface area contributed by atoms with Crippen LogP contribution in [0.25, 0.3) is 0 Å². The van der Waals surface area contributed by atoms with Crippen LogP contribution in [-0.2, 0) is 15.6 Å². The van der Waals surface area contributed by atoms with Gasteiger partial charge in [-0.25, -0.2) is 8.42 Å². The van der Waals surface area contributed by atoms with Crippen LogP contribution in [0, 0.1) is 0 Å². The summed E-state index contributed by atoms with van der Waals surface area (Å²) in [4.78, 5) is 12.3. The van der Waals surface area contributed by atoms with E-state index in [0.29, 0.717) is 18.7 Å². The van der Waals surface area contributed by atoms with Crippen molar-refractivity contribution in [2.75, 3.05) is 20.1 Å². The van der Waals surface area contributed by atoms with Gasteiger partial charge >= 0.3 is 0 Å². The Labute approximate surface area is 136 Å². The molecule has 1 amide bonds. The highest BCUT2D eigenvalue weighted by Gasteiger charge is 2.22. The predicted molar refractivity (Wildman–Crippen MR) is 90.0 cm³/mol. The lowest BCUT2D eigenvalue weighted by molar-refractivity contribution is 0.0951. The molecule has 0 spiro atoms. The average molecular weight is 332 g/mol. The van der Waals surface area contributed by atoms with Crippen LogP contribution in [0.2, 0.25) is 0 Å². The molecule has 2 rings (SSSR count). The number of carbonyl (C=O) groups is 1. The zero-order valence-electron chi connectivity index (χ0n) is 13.0. The monoisotopic (exact) mass is 332 g/mol. The standard InChI is InChI=1S/C17H20N2O3S/c1-18-11-12-19-17(20)15-9-5-6-10-16(15)23(21,22)13-14-7-3-2-4-8-14/h2-10,18H,11-13H2,1H3,(H,19,20). The number of amides is 1. The molecule has 0 atom stereocenters. The fraction of sp³-hybridized carbons (Fsp3) is 0.235. The summed E-state index contributed by atoms with van der Waals surface area (Å²) in [6, 6.07) is 15.2. The van der Waals surface area contributed by atoms with Crippen molar-refractivity contribution in [3.63, 3.8) is 0 Å². The molecule has 2 N–H and O–H groups in total. The van der Waals surface area contributed by atoms with Crippen LogP contribution in [-0.4, -0.2) is 34.5 Å². The fourth-order valence-corrected chi connectivity index (χ4v) is 3.76. The topological polar surface area (TPSA) is 75.3 Å². The molecule has 0 bridgehead atoms. The van der Waals surface area contributed by atoms with Crippen molar-refractivity contribution in [2.45, 2.75) is 10.6 Å². The Hall–Kier alpha value is -2.18. The molecule has 0 aliphatic carbocycles. The van der Waals surface area contributed by atoms with Gasteiger partial charge in [-0.05, 0) is 24.7 Å². The van der Waals surface area contributed by atoms with Gasteiger partial charge in [0.15, 0.2) is 9.84 Å². The smallest absolute Gasteiger partial charge is 0.252 e. The first-order valence-corrected chi connectivity index (χ1v) is 8.98. The zero-order chi connectivity index (χ0) is 16.7. The van der Waals surface area contributed by atoms with Crippen molar-refractivity contribution in [1.82, 2.24) is 10.6 Å². The van der Waals surface area contributed by atoms with Crippen LogP contribution < -0.4 is 10.6 Å². The van der Waals surface area contributed by atoms with E-state index in [0.717, 1.165) is 0 Å². The molecular weight excluding hydrogens is 312 g/mol. The summed E-state index contributed by atoms with van der Waals surface area (Å²) in [5.74, 6) is -0.512. The SMILES string of the molecule is CNCCNC(=O)c1ccccc1S(=O)(=O)Cc1ccccc1. The van der Waals surface area contributed by atoms with Crippen LogP contribution in [0.3, 0.4) is 0 Å². The molecule has 0 aliphatic rings.